The van der Waals surface area contributed by atoms with E-state index in [1.165, 1.54) is 0 Å². The summed E-state index contributed by atoms with van der Waals surface area (Å²) in [5.74, 6) is 0. The van der Waals surface area contributed by atoms with E-state index in [0.717, 1.165) is 27.0 Å². The van der Waals surface area contributed by atoms with E-state index in [1.54, 1.807) is 11.3 Å². The van der Waals surface area contributed by atoms with E-state index in [2.05, 4.69) is 24.0 Å². The van der Waals surface area contributed by atoms with Crippen molar-refractivity contribution < 1.29 is 0 Å². The van der Waals surface area contributed by atoms with Gasteiger partial charge in [-0.05, 0) is 6.42 Å². The Kier molecular flexibility index (Phi) is 2.85. The van der Waals surface area contributed by atoms with E-state index in [9.17, 15) is 0 Å². The van der Waals surface area contributed by atoms with Gasteiger partial charge in [-0.15, -0.1) is 11.3 Å². The number of rotatable bonds is 2. The lowest BCUT2D eigenvalue weighted by Gasteiger charge is -1.92. The number of hydrogen-bond donors (Lipinski definition) is 0. The molecule has 0 aliphatic rings. The molecular formula is C11H10ClNS. The first-order valence-corrected chi connectivity index (χ1v) is 5.71. The Bertz CT molecular complexity index is 422. The molecular weight excluding hydrogens is 214 g/mol. The van der Waals surface area contributed by atoms with Crippen LogP contribution in [0, 0.1) is 0 Å². The summed E-state index contributed by atoms with van der Waals surface area (Å²) in [5, 5.41) is 1.01. The number of nitrogens with zero attached hydrogens (tertiary/aromatic N) is 1. The van der Waals surface area contributed by atoms with Gasteiger partial charge in [-0.1, -0.05) is 48.9 Å². The normalized spacial score (nSPS) is 10.4. The molecule has 0 saturated carbocycles. The van der Waals surface area contributed by atoms with E-state index < -0.39 is 0 Å². The molecule has 0 saturated heterocycles. The molecule has 0 spiro atoms. The van der Waals surface area contributed by atoms with Gasteiger partial charge in [0.2, 0.25) is 0 Å². The van der Waals surface area contributed by atoms with Gasteiger partial charge in [0.25, 0.3) is 0 Å². The lowest BCUT2D eigenvalue weighted by Crippen LogP contribution is -1.80. The molecule has 2 rings (SSSR count). The Morgan fingerprint density at radius 3 is 2.57 bits per heavy atom. The average molecular weight is 224 g/mol. The summed E-state index contributed by atoms with van der Waals surface area (Å²) in [5.41, 5.74) is 2.13. The summed E-state index contributed by atoms with van der Waals surface area (Å²) in [4.78, 5) is 4.49. The number of aromatic nitrogens is 1. The minimum absolute atomic E-state index is 0.811. The van der Waals surface area contributed by atoms with Crippen molar-refractivity contribution in [2.45, 2.75) is 13.3 Å². The van der Waals surface area contributed by atoms with Gasteiger partial charge in [0.15, 0.2) is 0 Å². The van der Waals surface area contributed by atoms with Crippen LogP contribution in [0.15, 0.2) is 30.3 Å². The highest BCUT2D eigenvalue weighted by Gasteiger charge is 2.08. The molecule has 0 atom stereocenters. The minimum Gasteiger partial charge on any atom is -0.239 e. The van der Waals surface area contributed by atoms with Crippen molar-refractivity contribution in [2.75, 3.05) is 0 Å². The zero-order chi connectivity index (χ0) is 9.97. The van der Waals surface area contributed by atoms with Gasteiger partial charge < -0.3 is 0 Å². The SMILES string of the molecule is CCc1nc(-c2ccccc2)sc1Cl. The first-order valence-electron chi connectivity index (χ1n) is 4.52. The average Bonchev–Trinajstić information content (AvgIpc) is 2.61. The van der Waals surface area contributed by atoms with Crippen molar-refractivity contribution in [3.05, 3.63) is 40.4 Å². The monoisotopic (exact) mass is 223 g/mol. The summed E-state index contributed by atoms with van der Waals surface area (Å²) >= 11 is 7.60. The maximum absolute atomic E-state index is 6.05. The standard InChI is InChI=1S/C11H10ClNS/c1-2-9-10(12)14-11(13-9)8-6-4-3-5-7-8/h3-7H,2H2,1H3. The van der Waals surface area contributed by atoms with Crippen LogP contribution in [0.4, 0.5) is 0 Å². The van der Waals surface area contributed by atoms with E-state index in [4.69, 9.17) is 11.6 Å². The summed E-state index contributed by atoms with van der Waals surface area (Å²) in [6.45, 7) is 2.07. The van der Waals surface area contributed by atoms with Crippen molar-refractivity contribution in [3.63, 3.8) is 0 Å². The summed E-state index contributed by atoms with van der Waals surface area (Å²) in [6.07, 6.45) is 0.891. The van der Waals surface area contributed by atoms with Crippen LogP contribution in [0.1, 0.15) is 12.6 Å². The zero-order valence-corrected chi connectivity index (χ0v) is 9.40. The molecule has 0 radical (unpaired) electrons. The van der Waals surface area contributed by atoms with Gasteiger partial charge >= 0.3 is 0 Å². The fraction of sp³-hybridized carbons (Fsp3) is 0.182. The van der Waals surface area contributed by atoms with Crippen LogP contribution in [0.2, 0.25) is 4.34 Å². The molecule has 1 heterocycles. The molecule has 1 aromatic heterocycles. The predicted molar refractivity (Wildman–Crippen MR) is 61.9 cm³/mol. The maximum atomic E-state index is 6.05. The number of thiazole rings is 1. The van der Waals surface area contributed by atoms with Crippen molar-refractivity contribution in [1.29, 1.82) is 0 Å². The molecule has 1 nitrogen and oxygen atoms in total. The van der Waals surface area contributed by atoms with E-state index in [1.807, 2.05) is 18.2 Å². The molecule has 2 aromatic rings. The predicted octanol–water partition coefficient (Wildman–Crippen LogP) is 4.03. The quantitative estimate of drug-likeness (QED) is 0.749. The zero-order valence-electron chi connectivity index (χ0n) is 7.83. The molecule has 0 aliphatic heterocycles. The fourth-order valence-corrected chi connectivity index (χ4v) is 2.54. The molecule has 72 valence electrons. The highest BCUT2D eigenvalue weighted by atomic mass is 35.5. The number of aryl methyl sites for hydroxylation is 1. The molecule has 3 heteroatoms. The van der Waals surface area contributed by atoms with Crippen LogP contribution in [-0.2, 0) is 6.42 Å². The summed E-state index contributed by atoms with van der Waals surface area (Å²) in [6, 6.07) is 10.1. The third-order valence-electron chi connectivity index (χ3n) is 2.01. The lowest BCUT2D eigenvalue weighted by atomic mass is 10.2. The second-order valence-corrected chi connectivity index (χ2v) is 4.56. The summed E-state index contributed by atoms with van der Waals surface area (Å²) < 4.78 is 0.811. The van der Waals surface area contributed by atoms with Gasteiger partial charge in [-0.25, -0.2) is 4.98 Å². The Balaban J connectivity index is 2.43. The van der Waals surface area contributed by atoms with Crippen molar-refractivity contribution >= 4 is 22.9 Å². The summed E-state index contributed by atoms with van der Waals surface area (Å²) in [7, 11) is 0. The third kappa shape index (κ3) is 1.81. The van der Waals surface area contributed by atoms with Crippen LogP contribution in [0.25, 0.3) is 10.6 Å². The number of benzene rings is 1. The van der Waals surface area contributed by atoms with E-state index in [0.29, 0.717) is 0 Å². The molecule has 0 unspecified atom stereocenters. The van der Waals surface area contributed by atoms with Crippen molar-refractivity contribution in [1.82, 2.24) is 4.98 Å². The van der Waals surface area contributed by atoms with Crippen LogP contribution < -0.4 is 0 Å². The second-order valence-electron chi connectivity index (χ2n) is 2.96. The van der Waals surface area contributed by atoms with Crippen LogP contribution in [0.3, 0.4) is 0 Å². The largest absolute Gasteiger partial charge is 0.239 e. The van der Waals surface area contributed by atoms with Gasteiger partial charge in [0, 0.05) is 5.56 Å². The van der Waals surface area contributed by atoms with Crippen LogP contribution >= 0.6 is 22.9 Å². The van der Waals surface area contributed by atoms with Gasteiger partial charge in [-0.3, -0.25) is 0 Å². The molecule has 0 N–H and O–H groups in total. The third-order valence-corrected chi connectivity index (χ3v) is 3.39. The fourth-order valence-electron chi connectivity index (χ4n) is 1.26. The highest BCUT2D eigenvalue weighted by molar-refractivity contribution is 7.19. The Hall–Kier alpha value is -0.860. The smallest absolute Gasteiger partial charge is 0.125 e. The minimum atomic E-state index is 0.811. The highest BCUT2D eigenvalue weighted by Crippen LogP contribution is 2.31. The molecule has 1 aromatic carbocycles. The number of hydrogen-bond acceptors (Lipinski definition) is 2. The molecule has 0 aliphatic carbocycles. The Morgan fingerprint density at radius 2 is 2.00 bits per heavy atom. The first-order chi connectivity index (χ1) is 6.81. The van der Waals surface area contributed by atoms with Crippen molar-refractivity contribution in [3.8, 4) is 10.6 Å². The van der Waals surface area contributed by atoms with Gasteiger partial charge in [0.05, 0.1) is 5.69 Å². The van der Waals surface area contributed by atoms with Gasteiger partial charge in [0.1, 0.15) is 9.34 Å². The van der Waals surface area contributed by atoms with Crippen molar-refractivity contribution in [2.24, 2.45) is 0 Å². The second kappa shape index (κ2) is 4.11. The topological polar surface area (TPSA) is 12.9 Å². The Morgan fingerprint density at radius 1 is 1.29 bits per heavy atom. The van der Waals surface area contributed by atoms with Gasteiger partial charge in [-0.2, -0.15) is 0 Å². The molecule has 0 amide bonds. The van der Waals surface area contributed by atoms with E-state index >= 15 is 0 Å². The lowest BCUT2D eigenvalue weighted by molar-refractivity contribution is 1.07. The Labute approximate surface area is 92.4 Å². The van der Waals surface area contributed by atoms with Crippen LogP contribution in [-0.4, -0.2) is 4.98 Å². The first kappa shape index (κ1) is 9.69. The van der Waals surface area contributed by atoms with E-state index in [-0.39, 0.29) is 0 Å². The number of halogens is 1. The molecule has 0 fully saturated rings. The van der Waals surface area contributed by atoms with Crippen LogP contribution in [0.5, 0.6) is 0 Å². The molecule has 14 heavy (non-hydrogen) atoms. The maximum Gasteiger partial charge on any atom is 0.125 e. The molecule has 0 bridgehead atoms.